The third-order valence-corrected chi connectivity index (χ3v) is 30.1. The van der Waals surface area contributed by atoms with Crippen molar-refractivity contribution in [3.63, 3.8) is 0 Å². The minimum absolute atomic E-state index is 0.227. The molecule has 2 aliphatic carbocycles. The van der Waals surface area contributed by atoms with Gasteiger partial charge in [0.05, 0.1) is 0 Å². The van der Waals surface area contributed by atoms with Crippen LogP contribution >= 0.6 is 0 Å². The monoisotopic (exact) mass is 482 g/mol. The first kappa shape index (κ1) is 24.0. The summed E-state index contributed by atoms with van der Waals surface area (Å²) in [5.41, 5.74) is 8.36. The molecule has 154 valence electrons. The van der Waals surface area contributed by atoms with Gasteiger partial charge in [-0.2, -0.15) is 0 Å². The van der Waals surface area contributed by atoms with Gasteiger partial charge in [-0.25, -0.2) is 0 Å². The fraction of sp³-hybridized carbons (Fsp3) is 0.280. The summed E-state index contributed by atoms with van der Waals surface area (Å²) in [4.78, 5) is 0. The predicted molar refractivity (Wildman–Crippen MR) is 131 cm³/mol. The summed E-state index contributed by atoms with van der Waals surface area (Å²) in [6.07, 6.45) is 9.76. The zero-order valence-electron chi connectivity index (χ0n) is 18.6. The summed E-state index contributed by atoms with van der Waals surface area (Å²) < 4.78 is 4.09. The molecule has 0 saturated heterocycles. The molecule has 0 amide bonds. The van der Waals surface area contributed by atoms with Crippen LogP contribution in [0.15, 0.2) is 73.0 Å². The van der Waals surface area contributed by atoms with E-state index in [1.54, 1.807) is 11.1 Å². The number of nitrogens with one attached hydrogen (secondary N) is 2. The molecule has 29 heavy (non-hydrogen) atoms. The molecule has 0 saturated carbocycles. The average molecular weight is 484 g/mol. The molecule has 2 unspecified atom stereocenters. The summed E-state index contributed by atoms with van der Waals surface area (Å²) >= 11 is -2.45. The first-order valence-electron chi connectivity index (χ1n) is 10.4. The summed E-state index contributed by atoms with van der Waals surface area (Å²) in [7, 11) is 7.50. The molecule has 0 fully saturated rings. The van der Waals surface area contributed by atoms with Gasteiger partial charge in [0.25, 0.3) is 0 Å². The van der Waals surface area contributed by atoms with Crippen LogP contribution in [0, 0.1) is 0 Å². The largest absolute Gasteiger partial charge is 0.323 e. The van der Waals surface area contributed by atoms with E-state index in [2.05, 4.69) is 100 Å². The van der Waals surface area contributed by atoms with Gasteiger partial charge in [-0.15, -0.1) is 0 Å². The van der Waals surface area contributed by atoms with E-state index in [4.69, 9.17) is 0 Å². The Balaban J connectivity index is 0.000000449. The Morgan fingerprint density at radius 3 is 1.55 bits per heavy atom. The smallest absolute Gasteiger partial charge is 0.0167 e. The number of allylic oxidation sites excluding steroid dienone is 2. The van der Waals surface area contributed by atoms with E-state index < -0.39 is 19.4 Å². The molecule has 0 radical (unpaired) electrons. The number of fused-ring (bicyclic) bond motifs is 2. The quantitative estimate of drug-likeness (QED) is 0.620. The van der Waals surface area contributed by atoms with Crippen molar-refractivity contribution in [3.05, 3.63) is 95.2 Å². The van der Waals surface area contributed by atoms with Gasteiger partial charge < -0.3 is 10.6 Å². The van der Waals surface area contributed by atoms with Crippen molar-refractivity contribution in [3.8, 4) is 0 Å². The first-order valence-corrected chi connectivity index (χ1v) is 22.4. The van der Waals surface area contributed by atoms with E-state index in [1.807, 2.05) is 28.2 Å². The van der Waals surface area contributed by atoms with Crippen molar-refractivity contribution >= 4 is 18.8 Å². The number of hydrogen-bond donors (Lipinski definition) is 2. The third-order valence-electron chi connectivity index (χ3n) is 5.60. The minimum atomic E-state index is -2.45. The topological polar surface area (TPSA) is 24.1 Å². The molecule has 0 spiro atoms. The van der Waals surface area contributed by atoms with Crippen molar-refractivity contribution in [1.29, 1.82) is 0 Å². The molecule has 2 nitrogen and oxygen atoms in total. The molecular weight excluding hydrogens is 448 g/mol. The maximum atomic E-state index is 4.17. The van der Waals surface area contributed by atoms with Gasteiger partial charge in [-0.1, -0.05) is 0 Å². The standard InChI is InChI=1S/2C9H7.2C2H7N.C2H5Si.CH3.Zr/c2*1-2-5-9-7-3-6-8(9)4-1;2*1-3-2;1-2-3;;/h2*1-7H;2*3H,1-2H3;2H,1,3H2;1H3;. The summed E-state index contributed by atoms with van der Waals surface area (Å²) in [6, 6.07) is 18.0. The Morgan fingerprint density at radius 1 is 0.793 bits per heavy atom. The van der Waals surface area contributed by atoms with Gasteiger partial charge in [-0.05, 0) is 28.2 Å². The molecule has 4 rings (SSSR count). The molecule has 0 aliphatic heterocycles. The SMILES string of the molecule is C=C[SiH2][Zr]([CH3])([CH]1C=Cc2ccccc21)[CH]1C=Cc2ccccc21.CNC.CNC. The molecular formula is C25H36N2SiZr. The molecule has 4 heteroatoms. The van der Waals surface area contributed by atoms with Crippen LogP contribution in [-0.2, 0) is 19.4 Å². The fourth-order valence-corrected chi connectivity index (χ4v) is 26.5. The predicted octanol–water partition coefficient (Wildman–Crippen LogP) is 4.62. The molecule has 2 aromatic carbocycles. The van der Waals surface area contributed by atoms with Crippen LogP contribution in [0.2, 0.25) is 4.63 Å². The van der Waals surface area contributed by atoms with E-state index in [0.717, 1.165) is 0 Å². The second-order valence-corrected chi connectivity index (χ2v) is 31.4. The van der Waals surface area contributed by atoms with Crippen molar-refractivity contribution in [1.82, 2.24) is 10.6 Å². The average Bonchev–Trinajstić information content (AvgIpc) is 3.34. The fourth-order valence-electron chi connectivity index (χ4n) is 4.41. The van der Waals surface area contributed by atoms with Crippen molar-refractivity contribution in [2.45, 2.75) is 11.9 Å². The molecule has 2 aliphatic rings. The van der Waals surface area contributed by atoms with Crippen LogP contribution in [0.5, 0.6) is 0 Å². The summed E-state index contributed by atoms with van der Waals surface area (Å²) in [6.45, 7) is 3.94. The first-order chi connectivity index (χ1) is 14.1. The maximum Gasteiger partial charge on any atom is -0.0167 e. The van der Waals surface area contributed by atoms with Crippen LogP contribution in [0.3, 0.4) is 0 Å². The Kier molecular flexibility index (Phi) is 9.71. The zero-order valence-corrected chi connectivity index (χ0v) is 22.4. The Hall–Kier alpha value is -1.32. The number of benzene rings is 2. The van der Waals surface area contributed by atoms with Gasteiger partial charge in [0, 0.05) is 0 Å². The van der Waals surface area contributed by atoms with E-state index in [-0.39, 0.29) is 6.65 Å². The molecule has 0 heterocycles. The van der Waals surface area contributed by atoms with Gasteiger partial charge in [-0.3, -0.25) is 0 Å². The van der Waals surface area contributed by atoms with Gasteiger partial charge >= 0.3 is 145 Å². The van der Waals surface area contributed by atoms with E-state index in [0.29, 0.717) is 7.25 Å². The Labute approximate surface area is 183 Å². The summed E-state index contributed by atoms with van der Waals surface area (Å²) in [5, 5.41) is 5.50. The van der Waals surface area contributed by atoms with Gasteiger partial charge in [0.15, 0.2) is 0 Å². The third kappa shape index (κ3) is 5.44. The van der Waals surface area contributed by atoms with Gasteiger partial charge in [0.1, 0.15) is 0 Å². The van der Waals surface area contributed by atoms with Crippen molar-refractivity contribution < 1.29 is 19.4 Å². The molecule has 0 aromatic heterocycles. The molecule has 2 atom stereocenters. The molecule has 2 aromatic rings. The van der Waals surface area contributed by atoms with Gasteiger partial charge in [0.2, 0.25) is 0 Å². The summed E-state index contributed by atoms with van der Waals surface area (Å²) in [5.74, 6) is 0. The van der Waals surface area contributed by atoms with Crippen LogP contribution < -0.4 is 10.6 Å². The van der Waals surface area contributed by atoms with Crippen molar-refractivity contribution in [2.75, 3.05) is 28.2 Å². The molecule has 0 bridgehead atoms. The van der Waals surface area contributed by atoms with Crippen LogP contribution in [-0.4, -0.2) is 34.8 Å². The van der Waals surface area contributed by atoms with E-state index >= 15 is 0 Å². The Bertz CT molecular complexity index is 796. The maximum absolute atomic E-state index is 4.17. The minimum Gasteiger partial charge on any atom is -0.323 e. The number of rotatable bonds is 4. The normalized spacial score (nSPS) is 20.2. The molecule has 2 N–H and O–H groups in total. The zero-order chi connectivity index (χ0) is 21.3. The van der Waals surface area contributed by atoms with Crippen molar-refractivity contribution in [2.24, 2.45) is 0 Å². The van der Waals surface area contributed by atoms with Crippen LogP contribution in [0.25, 0.3) is 12.2 Å². The Morgan fingerprint density at radius 2 is 1.17 bits per heavy atom. The van der Waals surface area contributed by atoms with E-state index in [9.17, 15) is 0 Å². The van der Waals surface area contributed by atoms with E-state index in [1.165, 1.54) is 11.1 Å². The van der Waals surface area contributed by atoms with Crippen LogP contribution in [0.1, 0.15) is 29.5 Å². The number of hydrogen-bond acceptors (Lipinski definition) is 2. The second kappa shape index (κ2) is 11.8. The van der Waals surface area contributed by atoms with Crippen LogP contribution in [0.4, 0.5) is 0 Å². The second-order valence-electron chi connectivity index (χ2n) is 7.93.